The van der Waals surface area contributed by atoms with Crippen LogP contribution in [0.1, 0.15) is 11.6 Å². The molecule has 17 heavy (non-hydrogen) atoms. The second-order valence-corrected chi connectivity index (χ2v) is 4.31. The molecule has 0 bridgehead atoms. The van der Waals surface area contributed by atoms with E-state index >= 15 is 0 Å². The monoisotopic (exact) mass is 236 g/mol. The van der Waals surface area contributed by atoms with Gasteiger partial charge in [-0.3, -0.25) is 4.90 Å². The largest absolute Gasteiger partial charge is 0.493 e. The van der Waals surface area contributed by atoms with E-state index in [0.29, 0.717) is 6.04 Å². The molecule has 1 atom stereocenters. The summed E-state index contributed by atoms with van der Waals surface area (Å²) in [6.45, 7) is 3.10. The lowest BCUT2D eigenvalue weighted by molar-refractivity contribution is 0.202. The minimum absolute atomic E-state index is 0.406. The van der Waals surface area contributed by atoms with E-state index in [9.17, 15) is 0 Å². The van der Waals surface area contributed by atoms with E-state index < -0.39 is 0 Å². The van der Waals surface area contributed by atoms with Gasteiger partial charge in [-0.2, -0.15) is 0 Å². The Morgan fingerprint density at radius 3 is 2.65 bits per heavy atom. The number of hydrogen-bond acceptors (Lipinski definition) is 4. The molecular weight excluding hydrogens is 216 g/mol. The summed E-state index contributed by atoms with van der Waals surface area (Å²) < 4.78 is 10.6. The number of likely N-dealkylation sites (N-methyl/N-ethyl adjacent to an activating group) is 1. The molecule has 1 aliphatic heterocycles. The van der Waals surface area contributed by atoms with Gasteiger partial charge in [0.2, 0.25) is 0 Å². The quantitative estimate of drug-likeness (QED) is 0.857. The van der Waals surface area contributed by atoms with Gasteiger partial charge in [-0.1, -0.05) is 6.07 Å². The van der Waals surface area contributed by atoms with Crippen molar-refractivity contribution in [1.29, 1.82) is 0 Å². The first kappa shape index (κ1) is 12.2. The fraction of sp³-hybridized carbons (Fsp3) is 0.538. The fourth-order valence-electron chi connectivity index (χ4n) is 2.24. The van der Waals surface area contributed by atoms with E-state index in [1.807, 2.05) is 6.07 Å². The summed E-state index contributed by atoms with van der Waals surface area (Å²) in [7, 11) is 5.48. The average molecular weight is 236 g/mol. The molecule has 0 aliphatic carbocycles. The van der Waals surface area contributed by atoms with Crippen LogP contribution in [0.4, 0.5) is 0 Å². The molecule has 0 aromatic heterocycles. The Bertz CT molecular complexity index is 382. The van der Waals surface area contributed by atoms with Gasteiger partial charge in [0.1, 0.15) is 0 Å². The molecule has 0 amide bonds. The standard InChI is InChI=1S/C13H20N2O2/c1-15-7-6-14-9-11(15)10-4-5-12(16-2)13(8-10)17-3/h4-5,8,11,14H,6-7,9H2,1-3H3. The third kappa shape index (κ3) is 2.53. The molecule has 1 N–H and O–H groups in total. The lowest BCUT2D eigenvalue weighted by Gasteiger charge is -2.33. The highest BCUT2D eigenvalue weighted by Crippen LogP contribution is 2.31. The molecule has 0 radical (unpaired) electrons. The predicted molar refractivity (Wildman–Crippen MR) is 67.8 cm³/mol. The van der Waals surface area contributed by atoms with Crippen LogP contribution in [0, 0.1) is 0 Å². The van der Waals surface area contributed by atoms with Gasteiger partial charge >= 0.3 is 0 Å². The van der Waals surface area contributed by atoms with Gasteiger partial charge in [-0.15, -0.1) is 0 Å². The molecule has 94 valence electrons. The number of nitrogens with one attached hydrogen (secondary N) is 1. The summed E-state index contributed by atoms with van der Waals surface area (Å²) >= 11 is 0. The van der Waals surface area contributed by atoms with Crippen molar-refractivity contribution in [3.8, 4) is 11.5 Å². The molecule has 0 saturated carbocycles. The maximum Gasteiger partial charge on any atom is 0.161 e. The lowest BCUT2D eigenvalue weighted by atomic mass is 10.0. The smallest absolute Gasteiger partial charge is 0.161 e. The van der Waals surface area contributed by atoms with Gasteiger partial charge in [0.15, 0.2) is 11.5 Å². The maximum atomic E-state index is 5.34. The Hall–Kier alpha value is -1.26. The first-order valence-electron chi connectivity index (χ1n) is 5.89. The van der Waals surface area contributed by atoms with Gasteiger partial charge in [0.25, 0.3) is 0 Å². The molecular formula is C13H20N2O2. The summed E-state index contributed by atoms with van der Waals surface area (Å²) in [4.78, 5) is 2.36. The third-order valence-corrected chi connectivity index (χ3v) is 3.30. The Morgan fingerprint density at radius 2 is 2.00 bits per heavy atom. The van der Waals surface area contributed by atoms with E-state index in [1.165, 1.54) is 5.56 Å². The summed E-state index contributed by atoms with van der Waals surface area (Å²) in [5.41, 5.74) is 1.26. The maximum absolute atomic E-state index is 5.34. The molecule has 1 saturated heterocycles. The second kappa shape index (κ2) is 5.38. The Kier molecular flexibility index (Phi) is 3.86. The number of nitrogens with zero attached hydrogens (tertiary/aromatic N) is 1. The van der Waals surface area contributed by atoms with E-state index in [-0.39, 0.29) is 0 Å². The highest BCUT2D eigenvalue weighted by Gasteiger charge is 2.21. The number of benzene rings is 1. The number of piperazine rings is 1. The van der Waals surface area contributed by atoms with Crippen molar-refractivity contribution in [3.63, 3.8) is 0 Å². The zero-order chi connectivity index (χ0) is 12.3. The Morgan fingerprint density at radius 1 is 1.24 bits per heavy atom. The van der Waals surface area contributed by atoms with Crippen LogP contribution >= 0.6 is 0 Å². The third-order valence-electron chi connectivity index (χ3n) is 3.30. The predicted octanol–water partition coefficient (Wildman–Crippen LogP) is 1.28. The first-order valence-corrected chi connectivity index (χ1v) is 5.89. The van der Waals surface area contributed by atoms with Crippen LogP contribution in [0.2, 0.25) is 0 Å². The van der Waals surface area contributed by atoms with E-state index in [4.69, 9.17) is 9.47 Å². The van der Waals surface area contributed by atoms with E-state index in [2.05, 4.69) is 29.4 Å². The van der Waals surface area contributed by atoms with Crippen molar-refractivity contribution in [2.75, 3.05) is 40.9 Å². The summed E-state index contributed by atoms with van der Waals surface area (Å²) in [6.07, 6.45) is 0. The van der Waals surface area contributed by atoms with Crippen molar-refractivity contribution in [1.82, 2.24) is 10.2 Å². The Labute approximate surface area is 103 Å². The lowest BCUT2D eigenvalue weighted by Crippen LogP contribution is -2.43. The summed E-state index contributed by atoms with van der Waals surface area (Å²) in [5.74, 6) is 1.58. The van der Waals surface area contributed by atoms with Crippen molar-refractivity contribution in [2.45, 2.75) is 6.04 Å². The zero-order valence-electron chi connectivity index (χ0n) is 10.7. The summed E-state index contributed by atoms with van der Waals surface area (Å²) in [5, 5.41) is 3.42. The number of hydrogen-bond donors (Lipinski definition) is 1. The average Bonchev–Trinajstić information content (AvgIpc) is 2.38. The second-order valence-electron chi connectivity index (χ2n) is 4.31. The molecule has 4 nitrogen and oxygen atoms in total. The molecule has 1 aliphatic rings. The highest BCUT2D eigenvalue weighted by atomic mass is 16.5. The van der Waals surface area contributed by atoms with Crippen LogP contribution in [0.25, 0.3) is 0 Å². The van der Waals surface area contributed by atoms with Crippen LogP contribution < -0.4 is 14.8 Å². The summed E-state index contributed by atoms with van der Waals surface area (Å²) in [6, 6.07) is 6.54. The Balaban J connectivity index is 2.25. The number of rotatable bonds is 3. The molecule has 1 aromatic carbocycles. The van der Waals surface area contributed by atoms with Crippen molar-refractivity contribution in [3.05, 3.63) is 23.8 Å². The molecule has 1 heterocycles. The molecule has 1 unspecified atom stereocenters. The van der Waals surface area contributed by atoms with Gasteiger partial charge < -0.3 is 14.8 Å². The minimum atomic E-state index is 0.406. The fourth-order valence-corrected chi connectivity index (χ4v) is 2.24. The van der Waals surface area contributed by atoms with Gasteiger partial charge in [0, 0.05) is 25.7 Å². The SMILES string of the molecule is COc1ccc(C2CNCCN2C)cc1OC. The van der Waals surface area contributed by atoms with Crippen LogP contribution in [0.15, 0.2) is 18.2 Å². The number of ether oxygens (including phenoxy) is 2. The minimum Gasteiger partial charge on any atom is -0.493 e. The van der Waals surface area contributed by atoms with Crippen LogP contribution in [0.3, 0.4) is 0 Å². The molecule has 4 heteroatoms. The van der Waals surface area contributed by atoms with E-state index in [1.54, 1.807) is 14.2 Å². The van der Waals surface area contributed by atoms with Gasteiger partial charge in [-0.25, -0.2) is 0 Å². The first-order chi connectivity index (χ1) is 8.26. The van der Waals surface area contributed by atoms with E-state index in [0.717, 1.165) is 31.1 Å². The van der Waals surface area contributed by atoms with Crippen molar-refractivity contribution < 1.29 is 9.47 Å². The van der Waals surface area contributed by atoms with Crippen LogP contribution in [-0.4, -0.2) is 45.8 Å². The van der Waals surface area contributed by atoms with Gasteiger partial charge in [-0.05, 0) is 24.7 Å². The van der Waals surface area contributed by atoms with Crippen LogP contribution in [-0.2, 0) is 0 Å². The normalized spacial score (nSPS) is 21.2. The molecule has 1 fully saturated rings. The van der Waals surface area contributed by atoms with Crippen molar-refractivity contribution >= 4 is 0 Å². The van der Waals surface area contributed by atoms with Crippen molar-refractivity contribution in [2.24, 2.45) is 0 Å². The number of methoxy groups -OCH3 is 2. The molecule has 0 spiro atoms. The molecule has 1 aromatic rings. The van der Waals surface area contributed by atoms with Crippen LogP contribution in [0.5, 0.6) is 11.5 Å². The highest BCUT2D eigenvalue weighted by molar-refractivity contribution is 5.44. The van der Waals surface area contributed by atoms with Gasteiger partial charge in [0.05, 0.1) is 14.2 Å². The molecule has 2 rings (SSSR count). The topological polar surface area (TPSA) is 33.7 Å². The zero-order valence-corrected chi connectivity index (χ0v) is 10.7.